The third kappa shape index (κ3) is 10.1. The second-order valence-electron chi connectivity index (χ2n) is 14.7. The molecule has 3 amide bonds. The number of nitrogens with one attached hydrogen (secondary N) is 4. The van der Waals surface area contributed by atoms with Gasteiger partial charge in [-0.3, -0.25) is 14.9 Å². The highest BCUT2D eigenvalue weighted by atomic mass is 16.2. The quantitative estimate of drug-likeness (QED) is 0.0982. The second kappa shape index (κ2) is 15.7. The van der Waals surface area contributed by atoms with Crippen molar-refractivity contribution in [3.63, 3.8) is 0 Å². The summed E-state index contributed by atoms with van der Waals surface area (Å²) >= 11 is 0. The number of ketones is 1. The molecule has 0 saturated heterocycles. The van der Waals surface area contributed by atoms with Gasteiger partial charge in [-0.05, 0) is 79.1 Å². The first kappa shape index (κ1) is 36.3. The number of urea groups is 1. The molecule has 2 rings (SSSR count). The minimum atomic E-state index is -0.723. The van der Waals surface area contributed by atoms with Gasteiger partial charge in [-0.25, -0.2) is 4.79 Å². The van der Waals surface area contributed by atoms with Crippen LogP contribution in [0.3, 0.4) is 0 Å². The summed E-state index contributed by atoms with van der Waals surface area (Å²) in [5.74, 6) is -0.0300. The van der Waals surface area contributed by atoms with E-state index in [1.165, 1.54) is 12.8 Å². The van der Waals surface area contributed by atoms with Gasteiger partial charge in [0.2, 0.25) is 5.91 Å². The van der Waals surface area contributed by atoms with E-state index in [9.17, 15) is 14.4 Å². The van der Waals surface area contributed by atoms with Crippen LogP contribution in [0.4, 0.5) is 4.79 Å². The molecule has 2 saturated carbocycles. The number of hydrogen-bond donors (Lipinski definition) is 5. The summed E-state index contributed by atoms with van der Waals surface area (Å²) in [6.07, 6.45) is 16.2. The molecule has 8 heteroatoms. The standard InChI is InChI=1S/C34H63N5O3/c1-9-19-32(8,25(2)3)39-34(22-15-12-16-23-34)28(40)27(18-17-24-36-30(35)42)37-29(41)26(4)33(38-31(5,6)7)20-13-10-11-14-21-33/h9,19,25-27,38-39H,10-18,20-24H2,1-8H3,(H,37,41)(H3,35,36,42)/b19-9-/t26?,27-,32?/m0/s1. The molecule has 3 atom stereocenters. The zero-order chi connectivity index (χ0) is 31.6. The molecule has 2 aliphatic rings. The lowest BCUT2D eigenvalue weighted by Crippen LogP contribution is -2.67. The van der Waals surface area contributed by atoms with Crippen molar-refractivity contribution in [3.05, 3.63) is 12.2 Å². The van der Waals surface area contributed by atoms with Crippen molar-refractivity contribution in [3.8, 4) is 0 Å². The van der Waals surface area contributed by atoms with Crippen molar-refractivity contribution in [2.75, 3.05) is 6.54 Å². The third-order valence-corrected chi connectivity index (χ3v) is 9.84. The maximum absolute atomic E-state index is 14.7. The predicted molar refractivity (Wildman–Crippen MR) is 173 cm³/mol. The Hall–Kier alpha value is -1.93. The second-order valence-corrected chi connectivity index (χ2v) is 14.7. The van der Waals surface area contributed by atoms with Gasteiger partial charge in [0.15, 0.2) is 5.78 Å². The van der Waals surface area contributed by atoms with Gasteiger partial charge in [-0.15, -0.1) is 0 Å². The Balaban J connectivity index is 2.42. The molecule has 0 aromatic carbocycles. The highest BCUT2D eigenvalue weighted by Crippen LogP contribution is 2.37. The fourth-order valence-electron chi connectivity index (χ4n) is 7.27. The van der Waals surface area contributed by atoms with E-state index < -0.39 is 17.6 Å². The summed E-state index contributed by atoms with van der Waals surface area (Å²) in [5, 5.41) is 13.6. The van der Waals surface area contributed by atoms with Crippen LogP contribution in [0.2, 0.25) is 0 Å². The van der Waals surface area contributed by atoms with Gasteiger partial charge in [0, 0.05) is 23.2 Å². The average Bonchev–Trinajstić information content (AvgIpc) is 3.14. The molecule has 6 N–H and O–H groups in total. The molecule has 2 aliphatic carbocycles. The highest BCUT2D eigenvalue weighted by molar-refractivity contribution is 5.96. The predicted octanol–water partition coefficient (Wildman–Crippen LogP) is 5.89. The van der Waals surface area contributed by atoms with Gasteiger partial charge in [-0.2, -0.15) is 0 Å². The summed E-state index contributed by atoms with van der Waals surface area (Å²) in [4.78, 5) is 40.2. The van der Waals surface area contributed by atoms with Crippen LogP contribution in [-0.4, -0.2) is 52.5 Å². The minimum Gasteiger partial charge on any atom is -0.352 e. The molecule has 0 heterocycles. The van der Waals surface area contributed by atoms with E-state index in [1.807, 2.05) is 13.8 Å². The third-order valence-electron chi connectivity index (χ3n) is 9.84. The maximum Gasteiger partial charge on any atom is 0.312 e. The van der Waals surface area contributed by atoms with Crippen molar-refractivity contribution in [2.45, 2.75) is 167 Å². The van der Waals surface area contributed by atoms with E-state index in [0.29, 0.717) is 19.4 Å². The molecule has 2 fully saturated rings. The Morgan fingerprint density at radius 3 is 1.90 bits per heavy atom. The minimum absolute atomic E-state index is 0.0666. The first-order valence-electron chi connectivity index (χ1n) is 16.7. The number of carbonyl (C=O) groups excluding carboxylic acids is 3. The normalized spacial score (nSPS) is 22.1. The van der Waals surface area contributed by atoms with E-state index >= 15 is 0 Å². The largest absolute Gasteiger partial charge is 0.352 e. The molecule has 0 aliphatic heterocycles. The Bertz CT molecular complexity index is 911. The summed E-state index contributed by atoms with van der Waals surface area (Å²) in [7, 11) is 0. The van der Waals surface area contributed by atoms with E-state index in [-0.39, 0.29) is 40.1 Å². The molecule has 2 unspecified atom stereocenters. The Morgan fingerprint density at radius 2 is 1.40 bits per heavy atom. The van der Waals surface area contributed by atoms with Crippen LogP contribution < -0.4 is 27.0 Å². The topological polar surface area (TPSA) is 125 Å². The van der Waals surface area contributed by atoms with Crippen molar-refractivity contribution in [1.29, 1.82) is 0 Å². The molecular formula is C34H63N5O3. The summed E-state index contributed by atoms with van der Waals surface area (Å²) < 4.78 is 0. The molecule has 0 aromatic rings. The Kier molecular flexibility index (Phi) is 13.5. The number of allylic oxidation sites excluding steroid dienone is 1. The van der Waals surface area contributed by atoms with E-state index in [2.05, 4.69) is 75.0 Å². The summed E-state index contributed by atoms with van der Waals surface area (Å²) in [6.45, 7) is 17.4. The van der Waals surface area contributed by atoms with Gasteiger partial charge in [0.25, 0.3) is 0 Å². The lowest BCUT2D eigenvalue weighted by molar-refractivity contribution is -0.136. The number of Topliss-reactive ketones (excluding diaryl/α,β-unsaturated/α-hetero) is 1. The molecule has 0 aromatic heterocycles. The lowest BCUT2D eigenvalue weighted by atomic mass is 9.72. The molecular weight excluding hydrogens is 526 g/mol. The molecule has 0 spiro atoms. The average molecular weight is 590 g/mol. The number of amides is 3. The van der Waals surface area contributed by atoms with Crippen LogP contribution in [0.15, 0.2) is 12.2 Å². The fourth-order valence-corrected chi connectivity index (χ4v) is 7.27. The molecule has 42 heavy (non-hydrogen) atoms. The van der Waals surface area contributed by atoms with E-state index in [0.717, 1.165) is 57.8 Å². The van der Waals surface area contributed by atoms with Crippen molar-refractivity contribution in [2.24, 2.45) is 17.6 Å². The van der Waals surface area contributed by atoms with Crippen LogP contribution in [-0.2, 0) is 9.59 Å². The zero-order valence-electron chi connectivity index (χ0n) is 28.1. The number of carbonyl (C=O) groups is 3. The number of nitrogens with two attached hydrogens (primary N) is 1. The van der Waals surface area contributed by atoms with Crippen LogP contribution in [0.5, 0.6) is 0 Å². The fraction of sp³-hybridized carbons (Fsp3) is 0.853. The monoisotopic (exact) mass is 589 g/mol. The number of primary amides is 1. The van der Waals surface area contributed by atoms with Crippen molar-refractivity contribution in [1.82, 2.24) is 21.3 Å². The van der Waals surface area contributed by atoms with E-state index in [1.54, 1.807) is 0 Å². The van der Waals surface area contributed by atoms with Gasteiger partial charge >= 0.3 is 6.03 Å². The van der Waals surface area contributed by atoms with Crippen LogP contribution in [0.1, 0.15) is 139 Å². The first-order valence-corrected chi connectivity index (χ1v) is 16.7. The Labute approximate surface area is 256 Å². The van der Waals surface area contributed by atoms with Gasteiger partial charge in [0.05, 0.1) is 17.5 Å². The van der Waals surface area contributed by atoms with Gasteiger partial charge in [-0.1, -0.05) is 77.9 Å². The van der Waals surface area contributed by atoms with Crippen LogP contribution >= 0.6 is 0 Å². The van der Waals surface area contributed by atoms with Crippen LogP contribution in [0, 0.1) is 11.8 Å². The molecule has 8 nitrogen and oxygen atoms in total. The number of rotatable bonds is 14. The highest BCUT2D eigenvalue weighted by Gasteiger charge is 2.48. The first-order chi connectivity index (χ1) is 19.6. The number of hydrogen-bond acceptors (Lipinski definition) is 5. The summed E-state index contributed by atoms with van der Waals surface area (Å²) in [5.41, 5.74) is 3.76. The Morgan fingerprint density at radius 1 is 0.857 bits per heavy atom. The van der Waals surface area contributed by atoms with Crippen molar-refractivity contribution >= 4 is 17.7 Å². The summed E-state index contributed by atoms with van der Waals surface area (Å²) in [6, 6.07) is -1.23. The van der Waals surface area contributed by atoms with Crippen LogP contribution in [0.25, 0.3) is 0 Å². The van der Waals surface area contributed by atoms with Crippen molar-refractivity contribution < 1.29 is 14.4 Å². The smallest absolute Gasteiger partial charge is 0.312 e. The maximum atomic E-state index is 14.7. The SMILES string of the molecule is C/C=C\C(C)(NC1(C(=O)[C@H](CCCNC(N)=O)NC(=O)C(C)C2(NC(C)(C)C)CCCCCC2)CCCCC1)C(C)C. The molecule has 0 bridgehead atoms. The molecule has 242 valence electrons. The van der Waals surface area contributed by atoms with Gasteiger partial charge in [0.1, 0.15) is 0 Å². The molecule has 0 radical (unpaired) electrons. The lowest BCUT2D eigenvalue weighted by Gasteiger charge is -2.47. The van der Waals surface area contributed by atoms with E-state index in [4.69, 9.17) is 5.73 Å². The zero-order valence-corrected chi connectivity index (χ0v) is 28.1. The van der Waals surface area contributed by atoms with Gasteiger partial charge < -0.3 is 21.7 Å².